The first-order valence-corrected chi connectivity index (χ1v) is 10.1. The number of carbonyl (C=O) groups excluding carboxylic acids is 1. The molecular formula is C23H22FN5O3. The molecule has 2 N–H and O–H groups in total. The van der Waals surface area contributed by atoms with Crippen LogP contribution >= 0.6 is 0 Å². The number of pyridine rings is 1. The van der Waals surface area contributed by atoms with Crippen molar-refractivity contribution in [2.75, 3.05) is 6.61 Å². The first-order chi connectivity index (χ1) is 15.4. The summed E-state index contributed by atoms with van der Waals surface area (Å²) in [5.74, 6) is -1.05. The van der Waals surface area contributed by atoms with Gasteiger partial charge in [-0.2, -0.15) is 0 Å². The predicted octanol–water partition coefficient (Wildman–Crippen LogP) is 3.12. The van der Waals surface area contributed by atoms with Crippen LogP contribution in [0.5, 0.6) is 5.75 Å². The van der Waals surface area contributed by atoms with Crippen LogP contribution in [0, 0.1) is 11.7 Å². The quantitative estimate of drug-likeness (QED) is 0.465. The van der Waals surface area contributed by atoms with E-state index < -0.39 is 17.8 Å². The Balaban J connectivity index is 1.56. The lowest BCUT2D eigenvalue weighted by molar-refractivity contribution is -0.124. The van der Waals surface area contributed by atoms with Gasteiger partial charge in [-0.15, -0.1) is 0 Å². The summed E-state index contributed by atoms with van der Waals surface area (Å²) in [6.07, 6.45) is 1.66. The summed E-state index contributed by atoms with van der Waals surface area (Å²) in [6.45, 7) is 3.45. The van der Waals surface area contributed by atoms with Crippen molar-refractivity contribution in [3.63, 3.8) is 0 Å². The number of halogens is 1. The van der Waals surface area contributed by atoms with Crippen LogP contribution in [-0.2, 0) is 4.79 Å². The van der Waals surface area contributed by atoms with Crippen molar-refractivity contribution < 1.29 is 13.9 Å². The van der Waals surface area contributed by atoms with E-state index in [4.69, 9.17) is 4.74 Å². The van der Waals surface area contributed by atoms with Crippen LogP contribution in [0.3, 0.4) is 0 Å². The molecule has 0 saturated carbocycles. The fourth-order valence-corrected chi connectivity index (χ4v) is 3.32. The van der Waals surface area contributed by atoms with Crippen molar-refractivity contribution in [2.45, 2.75) is 19.9 Å². The van der Waals surface area contributed by atoms with Crippen molar-refractivity contribution in [3.8, 4) is 17.1 Å². The molecule has 0 aliphatic carbocycles. The molecule has 4 aromatic rings. The van der Waals surface area contributed by atoms with Gasteiger partial charge in [-0.25, -0.2) is 13.9 Å². The van der Waals surface area contributed by atoms with Gasteiger partial charge in [0.25, 0.3) is 11.5 Å². The van der Waals surface area contributed by atoms with Crippen molar-refractivity contribution in [3.05, 3.63) is 82.7 Å². The second-order valence-corrected chi connectivity index (χ2v) is 7.61. The molecule has 0 radical (unpaired) electrons. The molecule has 0 unspecified atom stereocenters. The highest BCUT2D eigenvalue weighted by Crippen LogP contribution is 2.21. The molecule has 0 fully saturated rings. The Bertz CT molecular complexity index is 1300. The number of hydrogen-bond donors (Lipinski definition) is 2. The number of nitrogens with one attached hydrogen (secondary N) is 2. The monoisotopic (exact) mass is 435 g/mol. The van der Waals surface area contributed by atoms with Gasteiger partial charge in [0.15, 0.2) is 23.8 Å². The number of fused-ring (bicyclic) bond motifs is 1. The lowest BCUT2D eigenvalue weighted by Gasteiger charge is -2.22. The summed E-state index contributed by atoms with van der Waals surface area (Å²) in [7, 11) is 0. The van der Waals surface area contributed by atoms with Crippen molar-refractivity contribution in [1.29, 1.82) is 0 Å². The van der Waals surface area contributed by atoms with Crippen LogP contribution in [0.4, 0.5) is 4.39 Å². The van der Waals surface area contributed by atoms with Gasteiger partial charge in [0.1, 0.15) is 0 Å². The molecule has 8 nitrogen and oxygen atoms in total. The maximum absolute atomic E-state index is 13.7. The van der Waals surface area contributed by atoms with Crippen molar-refractivity contribution >= 4 is 11.6 Å². The molecule has 32 heavy (non-hydrogen) atoms. The van der Waals surface area contributed by atoms with E-state index in [-0.39, 0.29) is 23.8 Å². The molecule has 9 heteroatoms. The van der Waals surface area contributed by atoms with E-state index in [0.29, 0.717) is 22.7 Å². The van der Waals surface area contributed by atoms with E-state index in [1.54, 1.807) is 24.4 Å². The molecule has 1 aromatic carbocycles. The summed E-state index contributed by atoms with van der Waals surface area (Å²) in [5.41, 5.74) is 1.86. The number of nitrogens with zero attached hydrogens (tertiary/aromatic N) is 3. The normalized spacial score (nSPS) is 12.1. The zero-order chi connectivity index (χ0) is 22.7. The summed E-state index contributed by atoms with van der Waals surface area (Å²) in [6, 6.07) is 13.9. The van der Waals surface area contributed by atoms with E-state index in [0.717, 1.165) is 0 Å². The fraction of sp³-hybridized carbons (Fsp3) is 0.217. The number of hydrogen-bond acceptors (Lipinski definition) is 5. The maximum atomic E-state index is 13.7. The van der Waals surface area contributed by atoms with Crippen LogP contribution in [0.25, 0.3) is 17.0 Å². The number of para-hydroxylation sites is 1. The number of benzene rings is 1. The lowest BCUT2D eigenvalue weighted by atomic mass is 10.0. The van der Waals surface area contributed by atoms with Crippen LogP contribution in [0.1, 0.15) is 25.6 Å². The fourth-order valence-electron chi connectivity index (χ4n) is 3.32. The van der Waals surface area contributed by atoms with E-state index in [1.807, 2.05) is 26.0 Å². The summed E-state index contributed by atoms with van der Waals surface area (Å²) in [4.78, 5) is 34.0. The minimum atomic E-state index is -0.544. The number of carbonyl (C=O) groups is 1. The smallest absolute Gasteiger partial charge is 0.272 e. The topological polar surface area (TPSA) is 101 Å². The highest BCUT2D eigenvalue weighted by molar-refractivity contribution is 5.78. The number of ether oxygens (including phenoxy) is 1. The summed E-state index contributed by atoms with van der Waals surface area (Å²) >= 11 is 0. The van der Waals surface area contributed by atoms with Crippen molar-refractivity contribution in [2.24, 2.45) is 5.92 Å². The molecule has 3 heterocycles. The Labute approximate surface area is 183 Å². The maximum Gasteiger partial charge on any atom is 0.272 e. The van der Waals surface area contributed by atoms with Crippen LogP contribution in [0.2, 0.25) is 0 Å². The van der Waals surface area contributed by atoms with Gasteiger partial charge in [0.2, 0.25) is 0 Å². The molecule has 0 aliphatic heterocycles. The standard InChI is InChI=1S/C23H22FN5O3/c1-14(2)23(27-21(30)13-32-19-9-4-3-7-15(19)24)18-12-22(31)29-20(26-18)11-17(28-29)16-8-5-6-10-25-16/h3-12,14,23,28H,13H2,1-2H3,(H,27,30)/t23-/m1/s1. The zero-order valence-corrected chi connectivity index (χ0v) is 17.6. The number of aromatic amines is 1. The molecule has 0 saturated heterocycles. The SMILES string of the molecule is CC(C)[C@@H](NC(=O)COc1ccccc1F)c1cc(=O)n2[nH]c(-c3ccccn3)cc2n1. The van der Waals surface area contributed by atoms with Gasteiger partial charge in [0.05, 0.1) is 23.1 Å². The highest BCUT2D eigenvalue weighted by Gasteiger charge is 2.22. The minimum absolute atomic E-state index is 0.00379. The molecule has 164 valence electrons. The zero-order valence-electron chi connectivity index (χ0n) is 17.6. The summed E-state index contributed by atoms with van der Waals surface area (Å²) in [5, 5.41) is 5.83. The second-order valence-electron chi connectivity index (χ2n) is 7.61. The molecule has 0 spiro atoms. The lowest BCUT2D eigenvalue weighted by Crippen LogP contribution is -2.36. The van der Waals surface area contributed by atoms with Gasteiger partial charge in [0, 0.05) is 18.3 Å². The number of amides is 1. The van der Waals surface area contributed by atoms with Gasteiger partial charge in [-0.05, 0) is 30.2 Å². The molecule has 4 rings (SSSR count). The number of H-pyrrole nitrogens is 1. The van der Waals surface area contributed by atoms with E-state index >= 15 is 0 Å². The number of aromatic nitrogens is 4. The van der Waals surface area contributed by atoms with Gasteiger partial charge in [-0.1, -0.05) is 32.0 Å². The highest BCUT2D eigenvalue weighted by atomic mass is 19.1. The van der Waals surface area contributed by atoms with Crippen molar-refractivity contribution in [1.82, 2.24) is 24.9 Å². The largest absolute Gasteiger partial charge is 0.481 e. The van der Waals surface area contributed by atoms with E-state index in [2.05, 4.69) is 20.4 Å². The average molecular weight is 435 g/mol. The van der Waals surface area contributed by atoms with E-state index in [1.165, 1.54) is 28.8 Å². The Hall–Kier alpha value is -4.01. The molecular weight excluding hydrogens is 413 g/mol. The Morgan fingerprint density at radius 2 is 1.97 bits per heavy atom. The van der Waals surface area contributed by atoms with Crippen LogP contribution < -0.4 is 15.6 Å². The third kappa shape index (κ3) is 4.51. The van der Waals surface area contributed by atoms with Gasteiger partial charge in [-0.3, -0.25) is 19.7 Å². The second kappa shape index (κ2) is 9.01. The Morgan fingerprint density at radius 1 is 1.19 bits per heavy atom. The third-order valence-electron chi connectivity index (χ3n) is 4.91. The first kappa shape index (κ1) is 21.2. The molecule has 1 atom stereocenters. The third-order valence-corrected chi connectivity index (χ3v) is 4.91. The number of rotatable bonds is 7. The Morgan fingerprint density at radius 3 is 2.69 bits per heavy atom. The predicted molar refractivity (Wildman–Crippen MR) is 117 cm³/mol. The first-order valence-electron chi connectivity index (χ1n) is 10.1. The van der Waals surface area contributed by atoms with Gasteiger partial charge >= 0.3 is 0 Å². The van der Waals surface area contributed by atoms with E-state index in [9.17, 15) is 14.0 Å². The minimum Gasteiger partial charge on any atom is -0.481 e. The molecule has 3 aromatic heterocycles. The molecule has 1 amide bonds. The molecule has 0 bridgehead atoms. The average Bonchev–Trinajstić information content (AvgIpc) is 3.22. The Kier molecular flexibility index (Phi) is 5.98. The summed E-state index contributed by atoms with van der Waals surface area (Å²) < 4.78 is 20.3. The van der Waals surface area contributed by atoms with Crippen LogP contribution in [0.15, 0.2) is 65.6 Å². The molecule has 0 aliphatic rings. The van der Waals surface area contributed by atoms with Gasteiger partial charge < -0.3 is 10.1 Å². The van der Waals surface area contributed by atoms with Crippen LogP contribution in [-0.4, -0.2) is 32.1 Å².